The third-order valence-electron chi connectivity index (χ3n) is 6.01. The van der Waals surface area contributed by atoms with E-state index in [2.05, 4.69) is 20.0 Å². The van der Waals surface area contributed by atoms with Crippen LogP contribution in [-0.4, -0.2) is 53.0 Å². The molecule has 1 aromatic carbocycles. The molecule has 8 nitrogen and oxygen atoms in total. The molecule has 4 heterocycles. The van der Waals surface area contributed by atoms with Gasteiger partial charge in [0, 0.05) is 32.0 Å². The summed E-state index contributed by atoms with van der Waals surface area (Å²) in [6.07, 6.45) is 7.65. The van der Waals surface area contributed by atoms with Crippen molar-refractivity contribution in [2.45, 2.75) is 31.5 Å². The maximum Gasteiger partial charge on any atom is 0.264 e. The Morgan fingerprint density at radius 1 is 1.09 bits per heavy atom. The number of hydrogen-bond donors (Lipinski definition) is 1. The summed E-state index contributed by atoms with van der Waals surface area (Å²) in [4.78, 5) is 23.9. The van der Waals surface area contributed by atoms with E-state index < -0.39 is 5.60 Å². The third kappa shape index (κ3) is 4.04. The van der Waals surface area contributed by atoms with Crippen molar-refractivity contribution < 1.29 is 9.50 Å². The topological polar surface area (TPSA) is 89.1 Å². The van der Waals surface area contributed by atoms with Crippen molar-refractivity contribution in [1.82, 2.24) is 29.2 Å². The van der Waals surface area contributed by atoms with Crippen molar-refractivity contribution >= 4 is 11.0 Å². The number of benzene rings is 1. The smallest absolute Gasteiger partial charge is 0.264 e. The maximum atomic E-state index is 13.2. The van der Waals surface area contributed by atoms with Gasteiger partial charge in [-0.15, -0.1) is 0 Å². The van der Waals surface area contributed by atoms with Gasteiger partial charge in [0.05, 0.1) is 24.0 Å². The molecule has 0 amide bonds. The van der Waals surface area contributed by atoms with E-state index in [9.17, 15) is 14.3 Å². The predicted octanol–water partition coefficient (Wildman–Crippen LogP) is 2.14. The Morgan fingerprint density at radius 2 is 1.88 bits per heavy atom. The minimum Gasteiger partial charge on any atom is -0.388 e. The molecule has 1 aliphatic heterocycles. The van der Waals surface area contributed by atoms with Crippen LogP contribution in [0.5, 0.6) is 0 Å². The average molecular weight is 434 g/mol. The van der Waals surface area contributed by atoms with Crippen LogP contribution in [0.3, 0.4) is 0 Å². The minimum atomic E-state index is -0.975. The van der Waals surface area contributed by atoms with Crippen LogP contribution in [0.1, 0.15) is 18.4 Å². The monoisotopic (exact) mass is 434 g/mol. The first-order chi connectivity index (χ1) is 15.5. The number of pyridine rings is 1. The molecule has 9 heteroatoms. The molecule has 0 spiro atoms. The molecule has 0 aliphatic carbocycles. The molecule has 32 heavy (non-hydrogen) atoms. The van der Waals surface area contributed by atoms with E-state index >= 15 is 0 Å². The minimum absolute atomic E-state index is 0.178. The number of piperidine rings is 1. The van der Waals surface area contributed by atoms with E-state index in [-0.39, 0.29) is 17.9 Å². The highest BCUT2D eigenvalue weighted by Gasteiger charge is 2.33. The molecule has 3 aromatic heterocycles. The highest BCUT2D eigenvalue weighted by molar-refractivity contribution is 5.74. The molecule has 0 radical (unpaired) electrons. The van der Waals surface area contributed by atoms with E-state index in [0.717, 1.165) is 25.2 Å². The quantitative estimate of drug-likeness (QED) is 0.518. The van der Waals surface area contributed by atoms with Crippen LogP contribution in [0.15, 0.2) is 66.1 Å². The zero-order chi connectivity index (χ0) is 22.1. The summed E-state index contributed by atoms with van der Waals surface area (Å²) < 4.78 is 16.2. The highest BCUT2D eigenvalue weighted by atomic mass is 19.1. The summed E-state index contributed by atoms with van der Waals surface area (Å²) in [5.74, 6) is -0.347. The second kappa shape index (κ2) is 8.25. The SMILES string of the molecule is O=c1c2cnn(-c3ccc(F)cc3)c2ncn1CC1(O)CCN(Cc2cccnc2)CC1. The number of likely N-dealkylation sites (tertiary alicyclic amines) is 1. The van der Waals surface area contributed by atoms with E-state index in [0.29, 0.717) is 29.6 Å². The van der Waals surface area contributed by atoms with Crippen molar-refractivity contribution in [3.05, 3.63) is 83.1 Å². The zero-order valence-electron chi connectivity index (χ0n) is 17.4. The van der Waals surface area contributed by atoms with Gasteiger partial charge in [-0.1, -0.05) is 6.07 Å². The highest BCUT2D eigenvalue weighted by Crippen LogP contribution is 2.25. The number of fused-ring (bicyclic) bond motifs is 1. The Labute approximate surface area is 183 Å². The Balaban J connectivity index is 1.32. The van der Waals surface area contributed by atoms with Crippen LogP contribution in [0.2, 0.25) is 0 Å². The van der Waals surface area contributed by atoms with E-state index in [1.807, 2.05) is 18.3 Å². The molecular weight excluding hydrogens is 411 g/mol. The van der Waals surface area contributed by atoms with E-state index in [1.165, 1.54) is 33.9 Å². The summed E-state index contributed by atoms with van der Waals surface area (Å²) in [5, 5.41) is 15.7. The second-order valence-electron chi connectivity index (χ2n) is 8.31. The fourth-order valence-corrected chi connectivity index (χ4v) is 4.18. The lowest BCUT2D eigenvalue weighted by Gasteiger charge is -2.38. The van der Waals surface area contributed by atoms with E-state index in [1.54, 1.807) is 18.3 Å². The number of rotatable bonds is 5. The Bertz CT molecular complexity index is 1280. The fourth-order valence-electron chi connectivity index (χ4n) is 4.18. The number of nitrogens with zero attached hydrogens (tertiary/aromatic N) is 6. The normalized spacial score (nSPS) is 16.4. The van der Waals surface area contributed by atoms with Gasteiger partial charge in [-0.05, 0) is 48.7 Å². The van der Waals surface area contributed by atoms with Crippen molar-refractivity contribution in [1.29, 1.82) is 0 Å². The van der Waals surface area contributed by atoms with Crippen LogP contribution in [0.4, 0.5) is 4.39 Å². The van der Waals surface area contributed by atoms with Crippen LogP contribution in [0, 0.1) is 5.82 Å². The first-order valence-corrected chi connectivity index (χ1v) is 10.5. The summed E-state index contributed by atoms with van der Waals surface area (Å²) in [6.45, 7) is 2.44. The molecule has 0 bridgehead atoms. The van der Waals surface area contributed by atoms with Crippen molar-refractivity contribution in [2.75, 3.05) is 13.1 Å². The van der Waals surface area contributed by atoms with Crippen LogP contribution in [-0.2, 0) is 13.1 Å². The largest absolute Gasteiger partial charge is 0.388 e. The van der Waals surface area contributed by atoms with Gasteiger partial charge < -0.3 is 5.11 Å². The molecule has 0 saturated carbocycles. The van der Waals surface area contributed by atoms with Gasteiger partial charge in [-0.2, -0.15) is 5.10 Å². The van der Waals surface area contributed by atoms with Crippen LogP contribution in [0.25, 0.3) is 16.7 Å². The molecule has 164 valence electrons. The molecular formula is C23H23FN6O2. The average Bonchev–Trinajstić information content (AvgIpc) is 3.24. The molecule has 1 saturated heterocycles. The van der Waals surface area contributed by atoms with E-state index in [4.69, 9.17) is 0 Å². The first kappa shape index (κ1) is 20.5. The van der Waals surface area contributed by atoms with Gasteiger partial charge in [0.15, 0.2) is 5.65 Å². The molecule has 1 aliphatic rings. The summed E-state index contributed by atoms with van der Waals surface area (Å²) in [5.41, 5.74) is 0.927. The summed E-state index contributed by atoms with van der Waals surface area (Å²) >= 11 is 0. The number of aromatic nitrogens is 5. The van der Waals surface area contributed by atoms with Crippen molar-refractivity contribution in [2.24, 2.45) is 0 Å². The summed E-state index contributed by atoms with van der Waals surface area (Å²) in [7, 11) is 0. The van der Waals surface area contributed by atoms with Gasteiger partial charge in [-0.3, -0.25) is 19.2 Å². The van der Waals surface area contributed by atoms with Crippen molar-refractivity contribution in [3.63, 3.8) is 0 Å². The van der Waals surface area contributed by atoms with Gasteiger partial charge >= 0.3 is 0 Å². The first-order valence-electron chi connectivity index (χ1n) is 10.5. The molecule has 0 atom stereocenters. The van der Waals surface area contributed by atoms with Gasteiger partial charge in [-0.25, -0.2) is 14.1 Å². The van der Waals surface area contributed by atoms with Crippen LogP contribution < -0.4 is 5.56 Å². The number of hydrogen-bond acceptors (Lipinski definition) is 6. The lowest BCUT2D eigenvalue weighted by atomic mass is 9.91. The standard InChI is InChI=1S/C23H23FN6O2/c24-18-3-5-19(6-4-18)30-21-20(13-27-30)22(31)29(16-26-21)15-23(32)7-10-28(11-8-23)14-17-2-1-9-25-12-17/h1-6,9,12-13,16,32H,7-8,10-11,14-15H2. The number of halogens is 1. The molecule has 1 fully saturated rings. The third-order valence-corrected chi connectivity index (χ3v) is 6.01. The maximum absolute atomic E-state index is 13.2. The lowest BCUT2D eigenvalue weighted by molar-refractivity contribution is -0.0365. The zero-order valence-corrected chi connectivity index (χ0v) is 17.4. The fraction of sp³-hybridized carbons (Fsp3) is 0.304. The van der Waals surface area contributed by atoms with Crippen LogP contribution >= 0.6 is 0 Å². The summed E-state index contributed by atoms with van der Waals surface area (Å²) in [6, 6.07) is 9.79. The van der Waals surface area contributed by atoms with Crippen molar-refractivity contribution in [3.8, 4) is 5.69 Å². The van der Waals surface area contributed by atoms with Gasteiger partial charge in [0.25, 0.3) is 5.56 Å². The second-order valence-corrected chi connectivity index (χ2v) is 8.31. The van der Waals surface area contributed by atoms with Gasteiger partial charge in [0.2, 0.25) is 0 Å². The molecule has 1 N–H and O–H groups in total. The Kier molecular flexibility index (Phi) is 5.28. The lowest BCUT2D eigenvalue weighted by Crippen LogP contribution is -2.47. The molecule has 5 rings (SSSR count). The molecule has 0 unspecified atom stereocenters. The molecule has 4 aromatic rings. The predicted molar refractivity (Wildman–Crippen MR) is 117 cm³/mol. The number of aliphatic hydroxyl groups is 1. The Morgan fingerprint density at radius 3 is 2.59 bits per heavy atom. The Hall–Kier alpha value is -3.43. The van der Waals surface area contributed by atoms with Gasteiger partial charge in [0.1, 0.15) is 17.5 Å².